The zero-order chi connectivity index (χ0) is 28.2. The molecule has 0 saturated carbocycles. The first-order chi connectivity index (χ1) is 18.6. The van der Waals surface area contributed by atoms with Crippen LogP contribution in [0, 0.1) is 6.92 Å². The summed E-state index contributed by atoms with van der Waals surface area (Å²) >= 11 is 0. The molecule has 0 amide bonds. The number of aliphatic hydroxyl groups excluding tert-OH is 2. The Kier molecular flexibility index (Phi) is 8.91. The fourth-order valence-electron chi connectivity index (χ4n) is 5.47. The van der Waals surface area contributed by atoms with Crippen molar-refractivity contribution in [2.24, 2.45) is 0 Å². The molecular formula is C31H40N2O5Si. The molecule has 2 heterocycles. The fourth-order valence-corrected chi connectivity index (χ4v) is 10.2. The minimum atomic E-state index is -2.89. The van der Waals surface area contributed by atoms with Gasteiger partial charge in [-0.3, -0.25) is 4.79 Å². The molecule has 1 saturated heterocycles. The van der Waals surface area contributed by atoms with Crippen molar-refractivity contribution in [3.05, 3.63) is 94.4 Å². The Labute approximate surface area is 231 Å². The molecule has 3 atom stereocenters. The van der Waals surface area contributed by atoms with Crippen molar-refractivity contribution in [1.82, 2.24) is 9.55 Å². The van der Waals surface area contributed by atoms with Crippen molar-refractivity contribution >= 4 is 24.8 Å². The quantitative estimate of drug-likeness (QED) is 0.303. The summed E-state index contributed by atoms with van der Waals surface area (Å²) < 4.78 is 15.4. The van der Waals surface area contributed by atoms with Gasteiger partial charge in [0.2, 0.25) is 0 Å². The second-order valence-electron chi connectivity index (χ2n) is 11.2. The summed E-state index contributed by atoms with van der Waals surface area (Å²) in [6.07, 6.45) is 3.42. The minimum Gasteiger partial charge on any atom is -0.512 e. The lowest BCUT2D eigenvalue weighted by Crippen LogP contribution is -2.68. The van der Waals surface area contributed by atoms with Crippen molar-refractivity contribution < 1.29 is 19.4 Å². The summed E-state index contributed by atoms with van der Waals surface area (Å²) in [7, 11) is -2.89. The molecule has 1 aliphatic rings. The molecule has 1 fully saturated rings. The van der Waals surface area contributed by atoms with Gasteiger partial charge in [0, 0.05) is 30.7 Å². The molecule has 0 bridgehead atoms. The van der Waals surface area contributed by atoms with Gasteiger partial charge in [-0.1, -0.05) is 88.4 Å². The van der Waals surface area contributed by atoms with E-state index in [4.69, 9.17) is 9.16 Å². The maximum atomic E-state index is 12.4. The predicted octanol–water partition coefficient (Wildman–Crippen LogP) is 4.48. The fraction of sp³-hybridized carbons (Fsp3) is 0.419. The third-order valence-electron chi connectivity index (χ3n) is 7.37. The van der Waals surface area contributed by atoms with Gasteiger partial charge in [0.25, 0.3) is 13.9 Å². The highest BCUT2D eigenvalue weighted by Gasteiger charge is 2.53. The first-order valence-corrected chi connectivity index (χ1v) is 15.6. The zero-order valence-electron chi connectivity index (χ0n) is 23.5. The molecule has 1 aromatic heterocycles. The van der Waals surface area contributed by atoms with Crippen molar-refractivity contribution in [2.75, 3.05) is 6.61 Å². The second-order valence-corrected chi connectivity index (χ2v) is 15.5. The summed E-state index contributed by atoms with van der Waals surface area (Å²) in [4.78, 5) is 16.6. The molecule has 0 spiro atoms. The Hall–Kier alpha value is -3.04. The molecule has 8 heteroatoms. The van der Waals surface area contributed by atoms with Gasteiger partial charge in [-0.05, 0) is 28.8 Å². The van der Waals surface area contributed by atoms with Gasteiger partial charge in [-0.15, -0.1) is 0 Å². The standard InChI is InChI=1S/C31H40N2O5Si/c1-6-13-23(35)18-28-32-30(36)22(2)20-33(28)29-19-26(27(21-34)37-29)38-39(31(3,4)5,24-14-9-7-10-15-24)25-16-11-8-12-17-25/h7-12,14-18,20,26-27,29,34-35H,6,13,19,21H2,1-5H3/b23-18-/t26-,27+,29+/m0/s1. The predicted molar refractivity (Wildman–Crippen MR) is 157 cm³/mol. The molecule has 0 unspecified atom stereocenters. The van der Waals surface area contributed by atoms with E-state index in [0.717, 1.165) is 16.8 Å². The van der Waals surface area contributed by atoms with E-state index in [2.05, 4.69) is 50.0 Å². The van der Waals surface area contributed by atoms with Gasteiger partial charge in [0.05, 0.1) is 18.5 Å². The lowest BCUT2D eigenvalue weighted by molar-refractivity contribution is -0.0425. The number of ether oxygens (including phenoxy) is 1. The van der Waals surface area contributed by atoms with Crippen molar-refractivity contribution in [3.8, 4) is 0 Å². The van der Waals surface area contributed by atoms with Crippen LogP contribution in [0.3, 0.4) is 0 Å². The Morgan fingerprint density at radius 1 is 1.13 bits per heavy atom. The highest BCUT2D eigenvalue weighted by atomic mass is 28.4. The number of allylic oxidation sites excluding steroid dienone is 1. The minimum absolute atomic E-state index is 0.152. The normalized spacial score (nSPS) is 20.4. The van der Waals surface area contributed by atoms with Crippen molar-refractivity contribution in [1.29, 1.82) is 0 Å². The SMILES string of the molecule is CCC/C(O)=C/c1nc(=O)c(C)cn1[C@H]1C[C@H](O[Si](c2ccccc2)(c2ccccc2)C(C)(C)C)[C@@H](CO)O1. The number of rotatable bonds is 9. The number of hydrogen-bond donors (Lipinski definition) is 2. The van der Waals surface area contributed by atoms with E-state index in [1.54, 1.807) is 17.7 Å². The van der Waals surface area contributed by atoms with Crippen LogP contribution in [0.5, 0.6) is 0 Å². The molecule has 1 aliphatic heterocycles. The molecular weight excluding hydrogens is 508 g/mol. The van der Waals surface area contributed by atoms with E-state index in [0.29, 0.717) is 24.2 Å². The van der Waals surface area contributed by atoms with Gasteiger partial charge in [0.15, 0.2) is 0 Å². The second kappa shape index (κ2) is 12.0. The Morgan fingerprint density at radius 2 is 1.72 bits per heavy atom. The van der Waals surface area contributed by atoms with Gasteiger partial charge in [-0.25, -0.2) is 0 Å². The monoisotopic (exact) mass is 548 g/mol. The number of hydrogen-bond acceptors (Lipinski definition) is 6. The number of benzene rings is 2. The highest BCUT2D eigenvalue weighted by molar-refractivity contribution is 6.99. The molecule has 208 valence electrons. The van der Waals surface area contributed by atoms with Gasteiger partial charge < -0.3 is 23.9 Å². The molecule has 0 radical (unpaired) electrons. The summed E-state index contributed by atoms with van der Waals surface area (Å²) in [5.74, 6) is 0.475. The van der Waals surface area contributed by atoms with Gasteiger partial charge in [-0.2, -0.15) is 4.98 Å². The maximum absolute atomic E-state index is 12.4. The van der Waals surface area contributed by atoms with Crippen LogP contribution in [0.1, 0.15) is 64.6 Å². The third kappa shape index (κ3) is 5.94. The van der Waals surface area contributed by atoms with E-state index in [1.807, 2.05) is 43.3 Å². The maximum Gasteiger partial charge on any atom is 0.276 e. The lowest BCUT2D eigenvalue weighted by Gasteiger charge is -2.45. The molecule has 7 nitrogen and oxygen atoms in total. The number of aliphatic hydroxyl groups is 2. The summed E-state index contributed by atoms with van der Waals surface area (Å²) in [5.41, 5.74) is 0.126. The average Bonchev–Trinajstić information content (AvgIpc) is 3.32. The first-order valence-electron chi connectivity index (χ1n) is 13.6. The first kappa shape index (κ1) is 29.0. The van der Waals surface area contributed by atoms with Crippen LogP contribution < -0.4 is 15.9 Å². The summed E-state index contributed by atoms with van der Waals surface area (Å²) in [5, 5.41) is 22.9. The van der Waals surface area contributed by atoms with Crippen LogP contribution in [0.4, 0.5) is 0 Å². The number of aryl methyl sites for hydroxylation is 1. The molecule has 4 rings (SSSR count). The Bertz CT molecular complexity index is 1300. The summed E-state index contributed by atoms with van der Waals surface area (Å²) in [6.45, 7) is 10.1. The van der Waals surface area contributed by atoms with Crippen LogP contribution in [0.25, 0.3) is 6.08 Å². The zero-order valence-corrected chi connectivity index (χ0v) is 24.5. The molecule has 3 aromatic rings. The highest BCUT2D eigenvalue weighted by Crippen LogP contribution is 2.41. The van der Waals surface area contributed by atoms with E-state index >= 15 is 0 Å². The lowest BCUT2D eigenvalue weighted by atomic mass is 10.2. The van der Waals surface area contributed by atoms with Gasteiger partial charge in [0.1, 0.15) is 18.2 Å². The van der Waals surface area contributed by atoms with E-state index in [-0.39, 0.29) is 23.0 Å². The summed E-state index contributed by atoms with van der Waals surface area (Å²) in [6, 6.07) is 20.8. The molecule has 39 heavy (non-hydrogen) atoms. The van der Waals surface area contributed by atoms with Crippen molar-refractivity contribution in [2.45, 2.75) is 77.4 Å². The van der Waals surface area contributed by atoms with Crippen LogP contribution >= 0.6 is 0 Å². The molecule has 0 aliphatic carbocycles. The largest absolute Gasteiger partial charge is 0.512 e. The van der Waals surface area contributed by atoms with Crippen LogP contribution in [0.2, 0.25) is 5.04 Å². The smallest absolute Gasteiger partial charge is 0.276 e. The van der Waals surface area contributed by atoms with E-state index < -0.39 is 26.8 Å². The van der Waals surface area contributed by atoms with Gasteiger partial charge >= 0.3 is 0 Å². The van der Waals surface area contributed by atoms with Crippen LogP contribution in [-0.4, -0.2) is 46.9 Å². The van der Waals surface area contributed by atoms with E-state index in [1.165, 1.54) is 6.08 Å². The average molecular weight is 549 g/mol. The Balaban J connectivity index is 1.79. The van der Waals surface area contributed by atoms with E-state index in [9.17, 15) is 15.0 Å². The molecule has 2 N–H and O–H groups in total. The number of nitrogens with zero attached hydrogens (tertiary/aromatic N) is 2. The Morgan fingerprint density at radius 3 is 2.23 bits per heavy atom. The topological polar surface area (TPSA) is 93.8 Å². The van der Waals surface area contributed by atoms with Crippen LogP contribution in [0.15, 0.2) is 77.4 Å². The molecule has 2 aromatic carbocycles. The van der Waals surface area contributed by atoms with Crippen molar-refractivity contribution in [3.63, 3.8) is 0 Å². The number of aromatic nitrogens is 2. The van der Waals surface area contributed by atoms with Crippen LogP contribution in [-0.2, 0) is 9.16 Å². The third-order valence-corrected chi connectivity index (χ3v) is 12.4.